The number of furan rings is 1. The Bertz CT molecular complexity index is 3000. The average Bonchev–Trinajstić information content (AvgIpc) is 3.78. The number of para-hydroxylation sites is 1. The molecule has 0 aliphatic heterocycles. The van der Waals surface area contributed by atoms with Crippen LogP contribution in [0.15, 0.2) is 217 Å². The first-order valence-electron chi connectivity index (χ1n) is 18.9. The Balaban J connectivity index is 1.21. The monoisotopic (exact) mass is 701 g/mol. The highest BCUT2D eigenvalue weighted by molar-refractivity contribution is 6.07. The van der Waals surface area contributed by atoms with Crippen LogP contribution in [0, 0.1) is 0 Å². The summed E-state index contributed by atoms with van der Waals surface area (Å²) in [6.07, 6.45) is 0. The van der Waals surface area contributed by atoms with Gasteiger partial charge in [-0.15, -0.1) is 0 Å². The molecule has 2 nitrogen and oxygen atoms in total. The predicted octanol–water partition coefficient (Wildman–Crippen LogP) is 14.2. The van der Waals surface area contributed by atoms with Gasteiger partial charge in [0.15, 0.2) is 0 Å². The Morgan fingerprint density at radius 2 is 0.982 bits per heavy atom. The Labute approximate surface area is 320 Å². The van der Waals surface area contributed by atoms with Crippen molar-refractivity contribution in [3.8, 4) is 22.3 Å². The molecule has 2 heteroatoms. The molecule has 0 amide bonds. The standard InChI is InChI=1S/C53H35NO/c1-3-19-38(20-4-1)53(39-21-5-2-6-22-39)47-28-11-9-26-46(47)52-48(53)29-15-30-49(52)54(41-32-33-45-44-25-10-12-31-50(44)55-51(45)35-41)40-23-13-18-37(34-40)43-27-14-17-36-16-7-8-24-42(36)43/h1-35H. The fourth-order valence-corrected chi connectivity index (χ4v) is 9.23. The van der Waals surface area contributed by atoms with Gasteiger partial charge in [0.25, 0.3) is 0 Å². The first-order chi connectivity index (χ1) is 27.3. The molecular weight excluding hydrogens is 667 g/mol. The van der Waals surface area contributed by atoms with Crippen LogP contribution in [0.2, 0.25) is 0 Å². The van der Waals surface area contributed by atoms with Crippen molar-refractivity contribution in [2.24, 2.45) is 0 Å². The van der Waals surface area contributed by atoms with Crippen LogP contribution in [-0.2, 0) is 5.41 Å². The summed E-state index contributed by atoms with van der Waals surface area (Å²) in [5.74, 6) is 0. The van der Waals surface area contributed by atoms with E-state index in [1.54, 1.807) is 0 Å². The number of hydrogen-bond donors (Lipinski definition) is 0. The highest BCUT2D eigenvalue weighted by Gasteiger charge is 2.47. The van der Waals surface area contributed by atoms with Gasteiger partial charge >= 0.3 is 0 Å². The van der Waals surface area contributed by atoms with E-state index in [9.17, 15) is 0 Å². The molecule has 258 valence electrons. The SMILES string of the molecule is c1ccc(C2(c3ccccc3)c3ccccc3-c3c(N(c4cccc(-c5cccc6ccccc56)c4)c4ccc5c(c4)oc4ccccc45)cccc32)cc1. The van der Waals surface area contributed by atoms with Crippen molar-refractivity contribution in [3.63, 3.8) is 0 Å². The number of rotatable bonds is 6. The first-order valence-corrected chi connectivity index (χ1v) is 18.9. The third-order valence-corrected chi connectivity index (χ3v) is 11.5. The van der Waals surface area contributed by atoms with E-state index in [0.29, 0.717) is 0 Å². The molecule has 0 saturated heterocycles. The molecule has 11 rings (SSSR count). The summed E-state index contributed by atoms with van der Waals surface area (Å²) < 4.78 is 6.53. The summed E-state index contributed by atoms with van der Waals surface area (Å²) in [4.78, 5) is 2.43. The van der Waals surface area contributed by atoms with Gasteiger partial charge < -0.3 is 9.32 Å². The molecular formula is C53H35NO. The zero-order valence-electron chi connectivity index (χ0n) is 30.1. The minimum atomic E-state index is -0.510. The van der Waals surface area contributed by atoms with Crippen LogP contribution < -0.4 is 4.90 Å². The van der Waals surface area contributed by atoms with E-state index in [2.05, 4.69) is 205 Å². The van der Waals surface area contributed by atoms with Gasteiger partial charge in [0.2, 0.25) is 0 Å². The van der Waals surface area contributed by atoms with Crippen molar-refractivity contribution in [3.05, 3.63) is 235 Å². The molecule has 55 heavy (non-hydrogen) atoms. The van der Waals surface area contributed by atoms with Crippen LogP contribution in [0.1, 0.15) is 22.3 Å². The van der Waals surface area contributed by atoms with Crippen LogP contribution in [0.5, 0.6) is 0 Å². The van der Waals surface area contributed by atoms with E-state index >= 15 is 0 Å². The van der Waals surface area contributed by atoms with Crippen molar-refractivity contribution in [1.29, 1.82) is 0 Å². The van der Waals surface area contributed by atoms with Crippen LogP contribution in [-0.4, -0.2) is 0 Å². The second kappa shape index (κ2) is 12.5. The smallest absolute Gasteiger partial charge is 0.137 e. The van der Waals surface area contributed by atoms with Gasteiger partial charge in [-0.05, 0) is 86.1 Å². The van der Waals surface area contributed by atoms with Gasteiger partial charge in [-0.1, -0.05) is 170 Å². The van der Waals surface area contributed by atoms with E-state index < -0.39 is 5.41 Å². The van der Waals surface area contributed by atoms with Crippen LogP contribution >= 0.6 is 0 Å². The summed E-state index contributed by atoms with van der Waals surface area (Å²) in [7, 11) is 0. The molecule has 9 aromatic carbocycles. The van der Waals surface area contributed by atoms with Crippen LogP contribution in [0.4, 0.5) is 17.1 Å². The minimum absolute atomic E-state index is 0.510. The van der Waals surface area contributed by atoms with Crippen molar-refractivity contribution in [2.75, 3.05) is 4.90 Å². The first kappa shape index (κ1) is 31.4. The predicted molar refractivity (Wildman–Crippen MR) is 229 cm³/mol. The van der Waals surface area contributed by atoms with Gasteiger partial charge in [-0.25, -0.2) is 0 Å². The Morgan fingerprint density at radius 3 is 1.82 bits per heavy atom. The Kier molecular flexibility index (Phi) is 7.11. The maximum atomic E-state index is 6.53. The topological polar surface area (TPSA) is 16.4 Å². The summed E-state index contributed by atoms with van der Waals surface area (Å²) in [6.45, 7) is 0. The molecule has 0 saturated carbocycles. The number of fused-ring (bicyclic) bond motifs is 7. The molecule has 0 unspecified atom stereocenters. The molecule has 1 aromatic heterocycles. The van der Waals surface area contributed by atoms with Gasteiger partial charge in [0.1, 0.15) is 11.2 Å². The van der Waals surface area contributed by atoms with E-state index in [1.165, 1.54) is 55.3 Å². The number of nitrogens with zero attached hydrogens (tertiary/aromatic N) is 1. The quantitative estimate of drug-likeness (QED) is 0.172. The van der Waals surface area contributed by atoms with Crippen molar-refractivity contribution in [2.45, 2.75) is 5.41 Å². The maximum Gasteiger partial charge on any atom is 0.137 e. The van der Waals surface area contributed by atoms with E-state index in [4.69, 9.17) is 4.42 Å². The molecule has 0 fully saturated rings. The number of hydrogen-bond acceptors (Lipinski definition) is 2. The fourth-order valence-electron chi connectivity index (χ4n) is 9.23. The third kappa shape index (κ3) is 4.75. The lowest BCUT2D eigenvalue weighted by Crippen LogP contribution is -2.28. The van der Waals surface area contributed by atoms with Gasteiger partial charge in [-0.2, -0.15) is 0 Å². The largest absolute Gasteiger partial charge is 0.456 e. The molecule has 0 radical (unpaired) electrons. The van der Waals surface area contributed by atoms with Gasteiger partial charge in [0, 0.05) is 33.8 Å². The van der Waals surface area contributed by atoms with E-state index in [1.807, 2.05) is 12.1 Å². The lowest BCUT2D eigenvalue weighted by molar-refractivity contribution is 0.669. The van der Waals surface area contributed by atoms with Crippen LogP contribution in [0.25, 0.3) is 55.0 Å². The molecule has 1 aliphatic carbocycles. The van der Waals surface area contributed by atoms with E-state index in [0.717, 1.165) is 39.0 Å². The molecule has 10 aromatic rings. The summed E-state index contributed by atoms with van der Waals surface area (Å²) in [5.41, 5.74) is 14.4. The highest BCUT2D eigenvalue weighted by atomic mass is 16.3. The lowest BCUT2D eigenvalue weighted by Gasteiger charge is -2.34. The maximum absolute atomic E-state index is 6.53. The second-order valence-corrected chi connectivity index (χ2v) is 14.4. The third-order valence-electron chi connectivity index (χ3n) is 11.5. The van der Waals surface area contributed by atoms with Crippen LogP contribution in [0.3, 0.4) is 0 Å². The van der Waals surface area contributed by atoms with Crippen molar-refractivity contribution in [1.82, 2.24) is 0 Å². The summed E-state index contributed by atoms with van der Waals surface area (Å²) >= 11 is 0. The second-order valence-electron chi connectivity index (χ2n) is 14.4. The fraction of sp³-hybridized carbons (Fsp3) is 0.0189. The summed E-state index contributed by atoms with van der Waals surface area (Å²) in [5, 5.41) is 4.70. The molecule has 0 N–H and O–H groups in total. The van der Waals surface area contributed by atoms with Crippen molar-refractivity contribution >= 4 is 49.8 Å². The highest BCUT2D eigenvalue weighted by Crippen LogP contribution is 2.59. The van der Waals surface area contributed by atoms with Gasteiger partial charge in [0.05, 0.1) is 11.1 Å². The minimum Gasteiger partial charge on any atom is -0.456 e. The zero-order chi connectivity index (χ0) is 36.3. The normalized spacial score (nSPS) is 12.9. The molecule has 1 heterocycles. The molecule has 1 aliphatic rings. The lowest BCUT2D eigenvalue weighted by atomic mass is 9.68. The molecule has 0 atom stereocenters. The number of benzene rings is 9. The zero-order valence-corrected chi connectivity index (χ0v) is 30.1. The van der Waals surface area contributed by atoms with E-state index in [-0.39, 0.29) is 0 Å². The molecule has 0 spiro atoms. The number of anilines is 3. The summed E-state index contributed by atoms with van der Waals surface area (Å²) in [6, 6.07) is 77.1. The Hall–Kier alpha value is -7.16. The Morgan fingerprint density at radius 1 is 0.382 bits per heavy atom. The molecule has 0 bridgehead atoms. The van der Waals surface area contributed by atoms with Crippen molar-refractivity contribution < 1.29 is 4.42 Å². The average molecular weight is 702 g/mol. The van der Waals surface area contributed by atoms with Gasteiger partial charge in [-0.3, -0.25) is 0 Å².